The molecule has 0 unspecified atom stereocenters. The molecule has 0 saturated heterocycles. The van der Waals surface area contributed by atoms with Gasteiger partial charge in [0.05, 0.1) is 5.56 Å². The third-order valence-electron chi connectivity index (χ3n) is 2.99. The van der Waals surface area contributed by atoms with Gasteiger partial charge in [0.15, 0.2) is 0 Å². The van der Waals surface area contributed by atoms with E-state index < -0.39 is 5.60 Å². The van der Waals surface area contributed by atoms with Gasteiger partial charge in [-0.3, -0.25) is 0 Å². The molecular weight excluding hydrogens is 280 g/mol. The predicted molar refractivity (Wildman–Crippen MR) is 85.7 cm³/mol. The lowest BCUT2D eigenvalue weighted by molar-refractivity contribution is 0.0303. The van der Waals surface area contributed by atoms with Crippen molar-refractivity contribution >= 4 is 11.9 Å². The van der Waals surface area contributed by atoms with Crippen LogP contribution in [0.15, 0.2) is 18.3 Å². The van der Waals surface area contributed by atoms with E-state index in [0.29, 0.717) is 18.7 Å². The number of aromatic nitrogens is 1. The molecule has 1 amide bonds. The Hall–Kier alpha value is -2.29. The minimum atomic E-state index is -0.496. The summed E-state index contributed by atoms with van der Waals surface area (Å²) in [5.74, 6) is 0.791. The Labute approximate surface area is 132 Å². The Morgan fingerprint density at radius 1 is 1.36 bits per heavy atom. The van der Waals surface area contributed by atoms with Crippen LogP contribution in [-0.4, -0.2) is 48.3 Å². The van der Waals surface area contributed by atoms with Gasteiger partial charge in [0.1, 0.15) is 17.5 Å². The fourth-order valence-corrected chi connectivity index (χ4v) is 1.78. The molecule has 0 aliphatic heterocycles. The van der Waals surface area contributed by atoms with E-state index in [1.54, 1.807) is 24.2 Å². The molecule has 0 fully saturated rings. The number of ether oxygens (including phenoxy) is 1. The molecule has 1 rings (SSSR count). The van der Waals surface area contributed by atoms with Gasteiger partial charge in [0.25, 0.3) is 0 Å². The van der Waals surface area contributed by atoms with Gasteiger partial charge >= 0.3 is 6.09 Å². The van der Waals surface area contributed by atoms with E-state index in [4.69, 9.17) is 10.00 Å². The molecule has 1 aromatic heterocycles. The van der Waals surface area contributed by atoms with Crippen molar-refractivity contribution in [2.45, 2.75) is 33.3 Å². The van der Waals surface area contributed by atoms with E-state index in [9.17, 15) is 4.79 Å². The molecule has 0 aliphatic carbocycles. The van der Waals surface area contributed by atoms with Crippen molar-refractivity contribution < 1.29 is 9.53 Å². The lowest BCUT2D eigenvalue weighted by atomic mass is 10.2. The molecule has 0 radical (unpaired) electrons. The number of likely N-dealkylation sites (N-methyl/N-ethyl adjacent to an activating group) is 2. The molecule has 6 heteroatoms. The first-order valence-corrected chi connectivity index (χ1v) is 7.32. The summed E-state index contributed by atoms with van der Waals surface area (Å²) in [5, 5.41) is 8.79. The van der Waals surface area contributed by atoms with Crippen molar-refractivity contribution in [1.82, 2.24) is 9.88 Å². The standard InChI is InChI=1S/C16H24N4O2/c1-6-20(14-8-7-13(11-17)12-18-14)10-9-19(5)15(21)22-16(2,3)4/h7-8,12H,6,9-10H2,1-5H3. The average Bonchev–Trinajstić information content (AvgIpc) is 2.46. The third-order valence-corrected chi connectivity index (χ3v) is 2.99. The van der Waals surface area contributed by atoms with E-state index >= 15 is 0 Å². The number of hydrogen-bond donors (Lipinski definition) is 0. The molecule has 0 atom stereocenters. The van der Waals surface area contributed by atoms with Gasteiger partial charge in [-0.2, -0.15) is 5.26 Å². The number of nitriles is 1. The number of carbonyl (C=O) groups is 1. The Morgan fingerprint density at radius 2 is 2.05 bits per heavy atom. The van der Waals surface area contributed by atoms with Crippen LogP contribution < -0.4 is 4.90 Å². The van der Waals surface area contributed by atoms with Crippen LogP contribution in [-0.2, 0) is 4.74 Å². The van der Waals surface area contributed by atoms with Crippen LogP contribution in [0.4, 0.5) is 10.6 Å². The quantitative estimate of drug-likeness (QED) is 0.836. The van der Waals surface area contributed by atoms with E-state index in [0.717, 1.165) is 12.4 Å². The number of anilines is 1. The summed E-state index contributed by atoms with van der Waals surface area (Å²) in [5.41, 5.74) is 0.0375. The maximum absolute atomic E-state index is 11.9. The van der Waals surface area contributed by atoms with Crippen molar-refractivity contribution in [1.29, 1.82) is 5.26 Å². The molecule has 0 aromatic carbocycles. The molecule has 0 N–H and O–H groups in total. The van der Waals surface area contributed by atoms with Gasteiger partial charge in [0.2, 0.25) is 0 Å². The molecule has 0 bridgehead atoms. The highest BCUT2D eigenvalue weighted by Gasteiger charge is 2.19. The zero-order chi connectivity index (χ0) is 16.8. The summed E-state index contributed by atoms with van der Waals surface area (Å²) in [6, 6.07) is 5.60. The first-order valence-electron chi connectivity index (χ1n) is 7.32. The molecule has 6 nitrogen and oxygen atoms in total. The lowest BCUT2D eigenvalue weighted by Crippen LogP contribution is -2.39. The van der Waals surface area contributed by atoms with Gasteiger partial charge in [-0.15, -0.1) is 0 Å². The number of rotatable bonds is 5. The molecule has 1 aromatic rings. The number of hydrogen-bond acceptors (Lipinski definition) is 5. The Bertz CT molecular complexity index is 529. The summed E-state index contributed by atoms with van der Waals surface area (Å²) in [4.78, 5) is 19.8. The highest BCUT2D eigenvalue weighted by Crippen LogP contribution is 2.12. The highest BCUT2D eigenvalue weighted by atomic mass is 16.6. The second kappa shape index (κ2) is 7.64. The van der Waals surface area contributed by atoms with Gasteiger partial charge in [-0.05, 0) is 39.8 Å². The molecule has 0 spiro atoms. The highest BCUT2D eigenvalue weighted by molar-refractivity contribution is 5.67. The maximum Gasteiger partial charge on any atom is 0.410 e. The van der Waals surface area contributed by atoms with Crippen LogP contribution in [0.5, 0.6) is 0 Å². The predicted octanol–water partition coefficient (Wildman–Crippen LogP) is 2.65. The second-order valence-electron chi connectivity index (χ2n) is 6.00. The zero-order valence-corrected chi connectivity index (χ0v) is 14.0. The number of amides is 1. The summed E-state index contributed by atoms with van der Waals surface area (Å²) in [6.07, 6.45) is 1.21. The molecule has 0 aliphatic rings. The van der Waals surface area contributed by atoms with Crippen molar-refractivity contribution in [3.05, 3.63) is 23.9 Å². The van der Waals surface area contributed by atoms with Crippen molar-refractivity contribution in [3.8, 4) is 6.07 Å². The molecular formula is C16H24N4O2. The number of pyridine rings is 1. The van der Waals surface area contributed by atoms with Crippen LogP contribution in [0.1, 0.15) is 33.3 Å². The molecule has 1 heterocycles. The number of carbonyl (C=O) groups excluding carboxylic acids is 1. The smallest absolute Gasteiger partial charge is 0.410 e. The molecule has 0 saturated carbocycles. The van der Waals surface area contributed by atoms with E-state index in [-0.39, 0.29) is 6.09 Å². The first kappa shape index (κ1) is 17.8. The molecule has 120 valence electrons. The third kappa shape index (κ3) is 5.60. The Morgan fingerprint density at radius 3 is 2.50 bits per heavy atom. The van der Waals surface area contributed by atoms with Crippen LogP contribution >= 0.6 is 0 Å². The minimum Gasteiger partial charge on any atom is -0.444 e. The second-order valence-corrected chi connectivity index (χ2v) is 6.00. The van der Waals surface area contributed by atoms with Gasteiger partial charge in [-0.1, -0.05) is 0 Å². The summed E-state index contributed by atoms with van der Waals surface area (Å²) >= 11 is 0. The lowest BCUT2D eigenvalue weighted by Gasteiger charge is -2.27. The SMILES string of the molecule is CCN(CCN(C)C(=O)OC(C)(C)C)c1ccc(C#N)cn1. The fraction of sp³-hybridized carbons (Fsp3) is 0.562. The number of nitrogens with zero attached hydrogens (tertiary/aromatic N) is 4. The summed E-state index contributed by atoms with van der Waals surface area (Å²) in [7, 11) is 1.72. The van der Waals surface area contributed by atoms with Crippen LogP contribution in [0.25, 0.3) is 0 Å². The Kier molecular flexibility index (Phi) is 6.17. The molecule has 22 heavy (non-hydrogen) atoms. The fourth-order valence-electron chi connectivity index (χ4n) is 1.78. The average molecular weight is 304 g/mol. The van der Waals surface area contributed by atoms with Gasteiger partial charge in [-0.25, -0.2) is 9.78 Å². The van der Waals surface area contributed by atoms with Crippen LogP contribution in [0.3, 0.4) is 0 Å². The summed E-state index contributed by atoms with van der Waals surface area (Å²) < 4.78 is 5.32. The zero-order valence-electron chi connectivity index (χ0n) is 14.0. The van der Waals surface area contributed by atoms with Crippen molar-refractivity contribution in [2.24, 2.45) is 0 Å². The Balaban J connectivity index is 2.59. The van der Waals surface area contributed by atoms with E-state index in [1.165, 1.54) is 0 Å². The van der Waals surface area contributed by atoms with Crippen LogP contribution in [0, 0.1) is 11.3 Å². The van der Waals surface area contributed by atoms with E-state index in [2.05, 4.69) is 4.98 Å². The first-order chi connectivity index (χ1) is 10.3. The van der Waals surface area contributed by atoms with Crippen LogP contribution in [0.2, 0.25) is 0 Å². The van der Waals surface area contributed by atoms with Crippen molar-refractivity contribution in [3.63, 3.8) is 0 Å². The van der Waals surface area contributed by atoms with Gasteiger partial charge in [0, 0.05) is 32.9 Å². The normalized spacial score (nSPS) is 10.7. The topological polar surface area (TPSA) is 69.5 Å². The minimum absolute atomic E-state index is 0.337. The largest absolute Gasteiger partial charge is 0.444 e. The maximum atomic E-state index is 11.9. The monoisotopic (exact) mass is 304 g/mol. The van der Waals surface area contributed by atoms with E-state index in [1.807, 2.05) is 44.7 Å². The summed E-state index contributed by atoms with van der Waals surface area (Å²) in [6.45, 7) is 9.50. The van der Waals surface area contributed by atoms with Crippen molar-refractivity contribution in [2.75, 3.05) is 31.6 Å². The van der Waals surface area contributed by atoms with Gasteiger partial charge < -0.3 is 14.5 Å².